The second kappa shape index (κ2) is 11.3. The largest absolute Gasteiger partial charge is 0.497 e. The van der Waals surface area contributed by atoms with Gasteiger partial charge in [0.25, 0.3) is 0 Å². The number of thioether (sulfide) groups is 1. The Bertz CT molecular complexity index is 1120. The number of amides is 1. The van der Waals surface area contributed by atoms with E-state index in [1.807, 2.05) is 37.5 Å². The maximum absolute atomic E-state index is 12.6. The van der Waals surface area contributed by atoms with Crippen LogP contribution in [0, 0.1) is 6.92 Å². The number of carbonyl (C=O) groups excluding carboxylic acids is 1. The Morgan fingerprint density at radius 2 is 1.94 bits per heavy atom. The Morgan fingerprint density at radius 1 is 1.15 bits per heavy atom. The molecule has 0 spiro atoms. The predicted octanol–water partition coefficient (Wildman–Crippen LogP) is 5.15. The molecule has 1 amide bonds. The predicted molar refractivity (Wildman–Crippen MR) is 130 cm³/mol. The number of aromatic nitrogens is 3. The second-order valence-electron chi connectivity index (χ2n) is 7.18. The summed E-state index contributed by atoms with van der Waals surface area (Å²) in [5.74, 6) is 2.38. The number of nitrogens with one attached hydrogen (secondary N) is 1. The van der Waals surface area contributed by atoms with Gasteiger partial charge in [0.1, 0.15) is 17.2 Å². The van der Waals surface area contributed by atoms with E-state index < -0.39 is 0 Å². The molecule has 33 heavy (non-hydrogen) atoms. The first-order valence-corrected chi connectivity index (χ1v) is 11.7. The molecule has 0 saturated heterocycles. The van der Waals surface area contributed by atoms with Crippen molar-refractivity contribution in [2.24, 2.45) is 0 Å². The molecule has 0 radical (unpaired) electrons. The van der Waals surface area contributed by atoms with Crippen molar-refractivity contribution in [2.75, 3.05) is 25.3 Å². The molecule has 8 nitrogen and oxygen atoms in total. The van der Waals surface area contributed by atoms with Gasteiger partial charge in [-0.3, -0.25) is 4.79 Å². The van der Waals surface area contributed by atoms with E-state index in [0.717, 1.165) is 5.56 Å². The Hall–Kier alpha value is -2.91. The number of rotatable bonds is 10. The highest BCUT2D eigenvalue weighted by Gasteiger charge is 2.20. The Balaban J connectivity index is 1.68. The van der Waals surface area contributed by atoms with Gasteiger partial charge in [-0.1, -0.05) is 29.4 Å². The van der Waals surface area contributed by atoms with Crippen molar-refractivity contribution < 1.29 is 19.0 Å². The molecule has 1 N–H and O–H groups in total. The molecule has 10 heteroatoms. The molecule has 0 aliphatic heterocycles. The number of carbonyl (C=O) groups is 1. The summed E-state index contributed by atoms with van der Waals surface area (Å²) in [6.45, 7) is 6.49. The van der Waals surface area contributed by atoms with Crippen molar-refractivity contribution in [3.05, 3.63) is 52.8 Å². The highest BCUT2D eigenvalue weighted by atomic mass is 35.5. The van der Waals surface area contributed by atoms with E-state index in [4.69, 9.17) is 25.8 Å². The lowest BCUT2D eigenvalue weighted by molar-refractivity contribution is -0.113. The van der Waals surface area contributed by atoms with E-state index in [-0.39, 0.29) is 17.8 Å². The molecule has 0 fully saturated rings. The van der Waals surface area contributed by atoms with Crippen molar-refractivity contribution in [1.29, 1.82) is 0 Å². The Labute approximate surface area is 202 Å². The lowest BCUT2D eigenvalue weighted by atomic mass is 10.2. The van der Waals surface area contributed by atoms with Crippen molar-refractivity contribution >= 4 is 35.0 Å². The fraction of sp³-hybridized carbons (Fsp3) is 0.348. The van der Waals surface area contributed by atoms with Crippen molar-refractivity contribution in [1.82, 2.24) is 14.8 Å². The molecular weight excluding hydrogens is 464 g/mol. The molecule has 1 unspecified atom stereocenters. The third-order valence-corrected chi connectivity index (χ3v) is 6.11. The molecule has 3 rings (SSSR count). The van der Waals surface area contributed by atoms with Crippen LogP contribution in [0.4, 0.5) is 5.69 Å². The van der Waals surface area contributed by atoms with Crippen LogP contribution < -0.4 is 19.5 Å². The van der Waals surface area contributed by atoms with Crippen LogP contribution in [0.2, 0.25) is 5.02 Å². The van der Waals surface area contributed by atoms with Gasteiger partial charge in [0.15, 0.2) is 17.1 Å². The second-order valence-corrected chi connectivity index (χ2v) is 8.53. The van der Waals surface area contributed by atoms with E-state index in [2.05, 4.69) is 15.5 Å². The van der Waals surface area contributed by atoms with Crippen LogP contribution in [0.3, 0.4) is 0 Å². The van der Waals surface area contributed by atoms with Gasteiger partial charge >= 0.3 is 0 Å². The van der Waals surface area contributed by atoms with Gasteiger partial charge in [-0.15, -0.1) is 10.2 Å². The van der Waals surface area contributed by atoms with Crippen molar-refractivity contribution in [2.45, 2.75) is 38.6 Å². The van der Waals surface area contributed by atoms with Gasteiger partial charge in [0.05, 0.1) is 30.7 Å². The van der Waals surface area contributed by atoms with Gasteiger partial charge in [-0.05, 0) is 50.6 Å². The Kier molecular flexibility index (Phi) is 8.46. The normalized spacial score (nSPS) is 11.7. The molecule has 0 bridgehead atoms. The van der Waals surface area contributed by atoms with Crippen LogP contribution in [-0.2, 0) is 11.3 Å². The Morgan fingerprint density at radius 3 is 2.64 bits per heavy atom. The average Bonchev–Trinajstić information content (AvgIpc) is 3.23. The van der Waals surface area contributed by atoms with E-state index in [1.54, 1.807) is 38.5 Å². The molecule has 1 heterocycles. The van der Waals surface area contributed by atoms with Gasteiger partial charge < -0.3 is 24.1 Å². The van der Waals surface area contributed by atoms with Gasteiger partial charge in [0, 0.05) is 12.6 Å². The van der Waals surface area contributed by atoms with Gasteiger partial charge in [0.2, 0.25) is 5.91 Å². The summed E-state index contributed by atoms with van der Waals surface area (Å²) in [6.07, 6.45) is -0.374. The maximum Gasteiger partial charge on any atom is 0.234 e. The smallest absolute Gasteiger partial charge is 0.234 e. The minimum Gasteiger partial charge on any atom is -0.497 e. The van der Waals surface area contributed by atoms with Crippen LogP contribution in [0.25, 0.3) is 0 Å². The minimum atomic E-state index is -0.374. The van der Waals surface area contributed by atoms with E-state index in [0.29, 0.717) is 45.5 Å². The molecule has 3 aromatic rings. The topological polar surface area (TPSA) is 87.5 Å². The molecule has 0 aliphatic carbocycles. The van der Waals surface area contributed by atoms with Crippen LogP contribution in [0.5, 0.6) is 17.2 Å². The average molecular weight is 491 g/mol. The number of halogens is 1. The molecule has 0 aliphatic rings. The summed E-state index contributed by atoms with van der Waals surface area (Å²) in [7, 11) is 3.11. The first-order valence-electron chi connectivity index (χ1n) is 10.4. The summed E-state index contributed by atoms with van der Waals surface area (Å²) in [5.41, 5.74) is 1.59. The number of hydrogen-bond acceptors (Lipinski definition) is 7. The molecule has 0 saturated carbocycles. The zero-order chi connectivity index (χ0) is 24.0. The van der Waals surface area contributed by atoms with Crippen LogP contribution in [-0.4, -0.2) is 40.6 Å². The summed E-state index contributed by atoms with van der Waals surface area (Å²) in [4.78, 5) is 12.6. The van der Waals surface area contributed by atoms with Crippen LogP contribution in [0.15, 0.2) is 41.6 Å². The molecule has 176 valence electrons. The fourth-order valence-electron chi connectivity index (χ4n) is 3.18. The van der Waals surface area contributed by atoms with E-state index in [1.165, 1.54) is 11.8 Å². The highest BCUT2D eigenvalue weighted by molar-refractivity contribution is 7.99. The minimum absolute atomic E-state index is 0.150. The number of aryl methyl sites for hydroxylation is 1. The van der Waals surface area contributed by atoms with Crippen molar-refractivity contribution in [3.8, 4) is 17.2 Å². The first kappa shape index (κ1) is 24.7. The summed E-state index contributed by atoms with van der Waals surface area (Å²) >= 11 is 7.56. The monoisotopic (exact) mass is 490 g/mol. The summed E-state index contributed by atoms with van der Waals surface area (Å²) in [5, 5.41) is 12.6. The molecule has 1 atom stereocenters. The molecular formula is C23H27ClN4O4S. The summed E-state index contributed by atoms with van der Waals surface area (Å²) < 4.78 is 18.5. The molecule has 2 aromatic carbocycles. The number of benzene rings is 2. The zero-order valence-corrected chi connectivity index (χ0v) is 20.8. The highest BCUT2D eigenvalue weighted by Crippen LogP contribution is 2.31. The SMILES string of the molecule is CCn1c(SCC(=O)Nc2cc(OC)ccc2OC)nnc1C(C)Oc1cc(C)ccc1Cl. The third kappa shape index (κ3) is 6.11. The lowest BCUT2D eigenvalue weighted by Gasteiger charge is -2.17. The van der Waals surface area contributed by atoms with E-state index in [9.17, 15) is 4.79 Å². The van der Waals surface area contributed by atoms with Crippen LogP contribution >= 0.6 is 23.4 Å². The quantitative estimate of drug-likeness (QED) is 0.393. The molecule has 1 aromatic heterocycles. The van der Waals surface area contributed by atoms with Gasteiger partial charge in [-0.2, -0.15) is 0 Å². The van der Waals surface area contributed by atoms with Crippen LogP contribution in [0.1, 0.15) is 31.3 Å². The number of nitrogens with zero attached hydrogens (tertiary/aromatic N) is 3. The number of methoxy groups -OCH3 is 2. The number of anilines is 1. The van der Waals surface area contributed by atoms with Gasteiger partial charge in [-0.25, -0.2) is 0 Å². The fourth-order valence-corrected chi connectivity index (χ4v) is 4.15. The standard InChI is InChI=1S/C23H27ClN4O4S/c1-6-28-22(15(3)32-20-11-14(2)7-9-17(20)24)26-27-23(28)33-13-21(29)25-18-12-16(30-4)8-10-19(18)31-5/h7-12,15H,6,13H2,1-5H3,(H,25,29). The summed E-state index contributed by atoms with van der Waals surface area (Å²) in [6, 6.07) is 10.8. The maximum atomic E-state index is 12.6. The van der Waals surface area contributed by atoms with E-state index >= 15 is 0 Å². The third-order valence-electron chi connectivity index (χ3n) is 4.83. The number of hydrogen-bond donors (Lipinski definition) is 1. The van der Waals surface area contributed by atoms with Crippen molar-refractivity contribution in [3.63, 3.8) is 0 Å². The zero-order valence-electron chi connectivity index (χ0n) is 19.2. The lowest BCUT2D eigenvalue weighted by Crippen LogP contribution is -2.16. The number of ether oxygens (including phenoxy) is 3. The first-order chi connectivity index (χ1) is 15.9.